The van der Waals surface area contributed by atoms with E-state index >= 15 is 0 Å². The number of hydrogen-bond donors (Lipinski definition) is 0. The van der Waals surface area contributed by atoms with Gasteiger partial charge in [-0.25, -0.2) is 0 Å². The Balaban J connectivity index is 2.28. The Labute approximate surface area is 97.9 Å². The highest BCUT2D eigenvalue weighted by Gasteiger charge is 1.97. The van der Waals surface area contributed by atoms with Crippen molar-refractivity contribution < 1.29 is 0 Å². The van der Waals surface area contributed by atoms with E-state index in [9.17, 15) is 0 Å². The minimum absolute atomic E-state index is 1.11. The van der Waals surface area contributed by atoms with E-state index in [0.29, 0.717) is 0 Å². The van der Waals surface area contributed by atoms with Crippen molar-refractivity contribution in [2.75, 3.05) is 0 Å². The van der Waals surface area contributed by atoms with Crippen molar-refractivity contribution in [1.29, 1.82) is 0 Å². The zero-order valence-corrected chi connectivity index (χ0v) is 10.0. The zero-order valence-electron chi connectivity index (χ0n) is 10.0. The molecule has 0 nitrogen and oxygen atoms in total. The molecule has 82 valence electrons. The van der Waals surface area contributed by atoms with Crippen molar-refractivity contribution in [2.45, 2.75) is 26.7 Å². The summed E-state index contributed by atoms with van der Waals surface area (Å²) in [5.41, 5.74) is 5.41. The first-order valence-electron chi connectivity index (χ1n) is 6.01. The van der Waals surface area contributed by atoms with Gasteiger partial charge in [0.05, 0.1) is 0 Å². The maximum atomic E-state index is 2.21. The lowest BCUT2D eigenvalue weighted by molar-refractivity contribution is 1.14. The SMILES string of the molecule is CCc1ccc(-c2ccc(CC)cc2)cc1. The van der Waals surface area contributed by atoms with Gasteiger partial charge in [-0.3, -0.25) is 0 Å². The van der Waals surface area contributed by atoms with E-state index < -0.39 is 0 Å². The van der Waals surface area contributed by atoms with Crippen molar-refractivity contribution in [3.8, 4) is 11.1 Å². The fourth-order valence-electron chi connectivity index (χ4n) is 1.87. The average molecular weight is 210 g/mol. The molecule has 2 aromatic rings. The fourth-order valence-corrected chi connectivity index (χ4v) is 1.87. The van der Waals surface area contributed by atoms with Crippen LogP contribution in [0.15, 0.2) is 48.5 Å². The van der Waals surface area contributed by atoms with Crippen molar-refractivity contribution >= 4 is 0 Å². The lowest BCUT2D eigenvalue weighted by Gasteiger charge is -2.04. The third-order valence-electron chi connectivity index (χ3n) is 3.06. The Morgan fingerprint density at radius 3 is 1.12 bits per heavy atom. The number of benzene rings is 2. The summed E-state index contributed by atoms with van der Waals surface area (Å²) < 4.78 is 0. The van der Waals surface area contributed by atoms with Gasteiger partial charge in [0.25, 0.3) is 0 Å². The molecule has 2 aromatic carbocycles. The van der Waals surface area contributed by atoms with Crippen LogP contribution in [0.1, 0.15) is 25.0 Å². The normalized spacial score (nSPS) is 10.4. The summed E-state index contributed by atoms with van der Waals surface area (Å²) in [6.45, 7) is 4.37. The molecule has 0 saturated heterocycles. The van der Waals surface area contributed by atoms with Gasteiger partial charge in [-0.05, 0) is 35.1 Å². The van der Waals surface area contributed by atoms with Crippen LogP contribution < -0.4 is 0 Å². The van der Waals surface area contributed by atoms with E-state index in [1.165, 1.54) is 22.3 Å². The van der Waals surface area contributed by atoms with Crippen LogP contribution >= 0.6 is 0 Å². The molecule has 0 aliphatic heterocycles. The highest BCUT2D eigenvalue weighted by molar-refractivity contribution is 5.63. The Morgan fingerprint density at radius 1 is 0.562 bits per heavy atom. The first kappa shape index (κ1) is 10.9. The van der Waals surface area contributed by atoms with Gasteiger partial charge < -0.3 is 0 Å². The highest BCUT2D eigenvalue weighted by Crippen LogP contribution is 2.20. The molecule has 0 fully saturated rings. The molecule has 0 atom stereocenters. The van der Waals surface area contributed by atoms with Crippen molar-refractivity contribution in [3.05, 3.63) is 59.7 Å². The molecule has 0 amide bonds. The van der Waals surface area contributed by atoms with E-state index in [2.05, 4.69) is 62.4 Å². The monoisotopic (exact) mass is 210 g/mol. The van der Waals surface area contributed by atoms with Gasteiger partial charge in [0, 0.05) is 0 Å². The second-order valence-electron chi connectivity index (χ2n) is 4.10. The molecule has 2 rings (SSSR count). The van der Waals surface area contributed by atoms with Gasteiger partial charge in [-0.15, -0.1) is 0 Å². The van der Waals surface area contributed by atoms with Crippen LogP contribution in [0, 0.1) is 0 Å². The Morgan fingerprint density at radius 2 is 0.875 bits per heavy atom. The largest absolute Gasteiger partial charge is 0.0613 e. The van der Waals surface area contributed by atoms with Gasteiger partial charge in [-0.2, -0.15) is 0 Å². The minimum atomic E-state index is 1.11. The lowest BCUT2D eigenvalue weighted by Crippen LogP contribution is -1.83. The summed E-state index contributed by atoms with van der Waals surface area (Å²) in [5, 5.41) is 0. The van der Waals surface area contributed by atoms with Gasteiger partial charge in [0.1, 0.15) is 0 Å². The first-order chi connectivity index (χ1) is 7.83. The van der Waals surface area contributed by atoms with Crippen LogP contribution in [-0.2, 0) is 12.8 Å². The molecule has 0 bridgehead atoms. The third kappa shape index (κ3) is 2.33. The molecule has 0 aromatic heterocycles. The Bertz CT molecular complexity index is 389. The average Bonchev–Trinajstić information content (AvgIpc) is 2.39. The van der Waals surface area contributed by atoms with E-state index in [1.807, 2.05) is 0 Å². The van der Waals surface area contributed by atoms with Gasteiger partial charge in [-0.1, -0.05) is 62.4 Å². The van der Waals surface area contributed by atoms with E-state index in [-0.39, 0.29) is 0 Å². The smallest absolute Gasteiger partial charge is 0.0184 e. The quantitative estimate of drug-likeness (QED) is 0.700. The molecule has 0 spiro atoms. The Hall–Kier alpha value is -1.56. The second-order valence-corrected chi connectivity index (χ2v) is 4.10. The summed E-state index contributed by atoms with van der Waals surface area (Å²) in [6, 6.07) is 17.7. The molecule has 0 unspecified atom stereocenters. The molecule has 16 heavy (non-hydrogen) atoms. The van der Waals surface area contributed by atoms with Crippen LogP contribution in [0.5, 0.6) is 0 Å². The van der Waals surface area contributed by atoms with Crippen LogP contribution in [0.2, 0.25) is 0 Å². The fraction of sp³-hybridized carbons (Fsp3) is 0.250. The number of hydrogen-bond acceptors (Lipinski definition) is 0. The molecular formula is C16H18. The maximum absolute atomic E-state index is 2.21. The van der Waals surface area contributed by atoms with Gasteiger partial charge in [0.2, 0.25) is 0 Å². The van der Waals surface area contributed by atoms with Gasteiger partial charge >= 0.3 is 0 Å². The zero-order chi connectivity index (χ0) is 11.4. The molecule has 0 N–H and O–H groups in total. The van der Waals surface area contributed by atoms with Crippen molar-refractivity contribution in [3.63, 3.8) is 0 Å². The molecule has 0 saturated carbocycles. The summed E-state index contributed by atoms with van der Waals surface area (Å²) in [7, 11) is 0. The standard InChI is InChI=1S/C16H18/c1-3-13-5-9-15(10-6-13)16-11-7-14(4-2)8-12-16/h5-12H,3-4H2,1-2H3. The van der Waals surface area contributed by atoms with Crippen molar-refractivity contribution in [1.82, 2.24) is 0 Å². The summed E-state index contributed by atoms with van der Waals surface area (Å²) in [4.78, 5) is 0. The van der Waals surface area contributed by atoms with E-state index in [4.69, 9.17) is 0 Å². The van der Waals surface area contributed by atoms with Crippen LogP contribution in [0.4, 0.5) is 0 Å². The second kappa shape index (κ2) is 4.98. The molecule has 0 heterocycles. The summed E-state index contributed by atoms with van der Waals surface area (Å²) in [6.07, 6.45) is 2.21. The van der Waals surface area contributed by atoms with Gasteiger partial charge in [0.15, 0.2) is 0 Å². The molecule has 0 aliphatic rings. The van der Waals surface area contributed by atoms with Crippen LogP contribution in [0.3, 0.4) is 0 Å². The van der Waals surface area contributed by atoms with Crippen molar-refractivity contribution in [2.24, 2.45) is 0 Å². The predicted octanol–water partition coefficient (Wildman–Crippen LogP) is 4.48. The third-order valence-corrected chi connectivity index (χ3v) is 3.06. The number of rotatable bonds is 3. The van der Waals surface area contributed by atoms with Crippen LogP contribution in [0.25, 0.3) is 11.1 Å². The van der Waals surface area contributed by atoms with Crippen LogP contribution in [-0.4, -0.2) is 0 Å². The number of aryl methyl sites for hydroxylation is 2. The molecule has 0 radical (unpaired) electrons. The van der Waals surface area contributed by atoms with E-state index in [1.54, 1.807) is 0 Å². The molecule has 0 heteroatoms. The van der Waals surface area contributed by atoms with E-state index in [0.717, 1.165) is 12.8 Å². The summed E-state index contributed by atoms with van der Waals surface area (Å²) in [5.74, 6) is 0. The summed E-state index contributed by atoms with van der Waals surface area (Å²) >= 11 is 0. The molecule has 0 aliphatic carbocycles. The Kier molecular flexibility index (Phi) is 3.40. The molecular weight excluding hydrogens is 192 g/mol. The lowest BCUT2D eigenvalue weighted by atomic mass is 10.0. The minimum Gasteiger partial charge on any atom is -0.0613 e. The predicted molar refractivity (Wildman–Crippen MR) is 70.6 cm³/mol. The maximum Gasteiger partial charge on any atom is -0.0184 e. The first-order valence-corrected chi connectivity index (χ1v) is 6.01. The highest BCUT2D eigenvalue weighted by atomic mass is 14.0. The topological polar surface area (TPSA) is 0 Å².